The summed E-state index contributed by atoms with van der Waals surface area (Å²) in [5, 5.41) is 0.534. The van der Waals surface area contributed by atoms with Gasteiger partial charge in [-0.25, -0.2) is 13.6 Å². The van der Waals surface area contributed by atoms with Crippen molar-refractivity contribution in [2.45, 2.75) is 30.8 Å². The molecule has 0 N–H and O–H groups in total. The van der Waals surface area contributed by atoms with Crippen LogP contribution in [0.3, 0.4) is 0 Å². The monoisotopic (exact) mass is 590 g/mol. The maximum atomic E-state index is 15.2. The average Bonchev–Trinajstić information content (AvgIpc) is 2.93. The van der Waals surface area contributed by atoms with Crippen LogP contribution < -0.4 is 10.6 Å². The molecule has 0 radical (unpaired) electrons. The number of carbonyl (C=O) groups is 1. The quantitative estimate of drug-likeness (QED) is 0.169. The first-order valence-corrected chi connectivity index (χ1v) is 14.1. The van der Waals surface area contributed by atoms with Gasteiger partial charge in [0.05, 0.1) is 23.2 Å². The fourth-order valence-corrected chi connectivity index (χ4v) is 7.01. The second-order valence-electron chi connectivity index (χ2n) is 9.90. The molecule has 1 fully saturated rings. The zero-order valence-corrected chi connectivity index (χ0v) is 24.0. The van der Waals surface area contributed by atoms with Gasteiger partial charge in [0.25, 0.3) is 0 Å². The van der Waals surface area contributed by atoms with E-state index in [0.717, 1.165) is 17.0 Å². The van der Waals surface area contributed by atoms with Crippen LogP contribution in [0.25, 0.3) is 22.0 Å². The normalized spacial score (nSPS) is 18.9. The van der Waals surface area contributed by atoms with Crippen molar-refractivity contribution in [2.24, 2.45) is 0 Å². The molecule has 1 aromatic heterocycles. The van der Waals surface area contributed by atoms with Gasteiger partial charge < -0.3 is 19.3 Å². The topological polar surface area (TPSA) is 76.9 Å². The van der Waals surface area contributed by atoms with Crippen LogP contribution in [0, 0.1) is 18.6 Å². The summed E-state index contributed by atoms with van der Waals surface area (Å²) in [5.74, 6) is -0.761. The molecular formula is C28H29ClF2N4O4S. The maximum absolute atomic E-state index is 15.2. The highest BCUT2D eigenvalue weighted by Crippen LogP contribution is 2.47. The molecule has 1 saturated heterocycles. The number of nitrogens with zero attached hydrogens (tertiary/aromatic N) is 4. The summed E-state index contributed by atoms with van der Waals surface area (Å²) >= 11 is 7.55. The summed E-state index contributed by atoms with van der Waals surface area (Å²) in [7, 11) is 1.52. The van der Waals surface area contributed by atoms with Crippen LogP contribution >= 0.6 is 23.4 Å². The van der Waals surface area contributed by atoms with Gasteiger partial charge in [-0.1, -0.05) is 18.2 Å². The molecule has 0 spiro atoms. The van der Waals surface area contributed by atoms with Gasteiger partial charge >= 0.3 is 5.69 Å². The molecule has 3 aromatic rings. The van der Waals surface area contributed by atoms with Gasteiger partial charge in [0.1, 0.15) is 24.2 Å². The highest BCUT2D eigenvalue weighted by atomic mass is 35.5. The Hall–Kier alpha value is -2.99. The number of rotatable bonds is 7. The number of hydrogen-bond acceptors (Lipinski definition) is 7. The Balaban J connectivity index is 1.73. The average molecular weight is 591 g/mol. The molecular weight excluding hydrogens is 562 g/mol. The van der Waals surface area contributed by atoms with Crippen LogP contribution in [0.4, 0.5) is 14.6 Å². The zero-order chi connectivity index (χ0) is 28.7. The Morgan fingerprint density at radius 2 is 2.05 bits per heavy atom. The first-order chi connectivity index (χ1) is 19.2. The van der Waals surface area contributed by atoms with Crippen LogP contribution in [0.15, 0.2) is 40.5 Å². The highest BCUT2D eigenvalue weighted by Gasteiger charge is 2.33. The minimum absolute atomic E-state index is 0.0705. The van der Waals surface area contributed by atoms with E-state index >= 15 is 4.39 Å². The van der Waals surface area contributed by atoms with Crippen molar-refractivity contribution in [3.05, 3.63) is 63.6 Å². The smallest absolute Gasteiger partial charge is 0.350 e. The van der Waals surface area contributed by atoms with Crippen LogP contribution in [0.2, 0.25) is 5.02 Å². The molecule has 0 saturated carbocycles. The Bertz CT molecular complexity index is 1570. The number of anilines is 1. The molecule has 8 nitrogen and oxygen atoms in total. The molecule has 2 aromatic carbocycles. The van der Waals surface area contributed by atoms with E-state index in [1.807, 2.05) is 24.8 Å². The molecule has 3 heterocycles. The Kier molecular flexibility index (Phi) is 8.19. The summed E-state index contributed by atoms with van der Waals surface area (Å²) in [4.78, 5) is 34.9. The Morgan fingerprint density at radius 3 is 2.75 bits per heavy atom. The van der Waals surface area contributed by atoms with Gasteiger partial charge in [0.2, 0.25) is 5.91 Å². The van der Waals surface area contributed by atoms with Crippen molar-refractivity contribution in [1.29, 1.82) is 0 Å². The lowest BCUT2D eigenvalue weighted by atomic mass is 9.96. The Morgan fingerprint density at radius 1 is 1.27 bits per heavy atom. The SMILES string of the molecule is C=CC(=O)N1CCN(c2nc(=O)n3c4c(c(-c5cc(Cl)c(F)cc5F)c(C)cc24)SC[C@H]3COCOC)[C@@H](C)C1. The molecule has 40 heavy (non-hydrogen) atoms. The minimum Gasteiger partial charge on any atom is -0.359 e. The predicted molar refractivity (Wildman–Crippen MR) is 152 cm³/mol. The molecule has 12 heteroatoms. The predicted octanol–water partition coefficient (Wildman–Crippen LogP) is 4.79. The number of benzene rings is 2. The molecule has 2 aliphatic heterocycles. The van der Waals surface area contributed by atoms with E-state index < -0.39 is 17.3 Å². The number of aromatic nitrogens is 2. The number of carbonyl (C=O) groups excluding carboxylic acids is 1. The van der Waals surface area contributed by atoms with Gasteiger partial charge in [0, 0.05) is 66.0 Å². The fraction of sp³-hybridized carbons (Fsp3) is 0.393. The van der Waals surface area contributed by atoms with E-state index in [1.54, 1.807) is 9.47 Å². The number of hydrogen-bond donors (Lipinski definition) is 0. The lowest BCUT2D eigenvalue weighted by molar-refractivity contribution is -0.126. The lowest BCUT2D eigenvalue weighted by Crippen LogP contribution is -2.54. The molecule has 1 amide bonds. The first-order valence-electron chi connectivity index (χ1n) is 12.8. The molecule has 0 bridgehead atoms. The minimum atomic E-state index is -0.843. The highest BCUT2D eigenvalue weighted by molar-refractivity contribution is 7.99. The van der Waals surface area contributed by atoms with Gasteiger partial charge in [-0.3, -0.25) is 9.36 Å². The number of amides is 1. The van der Waals surface area contributed by atoms with E-state index in [4.69, 9.17) is 21.1 Å². The molecule has 2 aliphatic rings. The number of piperazine rings is 1. The lowest BCUT2D eigenvalue weighted by Gasteiger charge is -2.41. The van der Waals surface area contributed by atoms with E-state index in [1.165, 1.54) is 31.0 Å². The van der Waals surface area contributed by atoms with Gasteiger partial charge in [-0.2, -0.15) is 4.98 Å². The van der Waals surface area contributed by atoms with Crippen molar-refractivity contribution < 1.29 is 23.0 Å². The van der Waals surface area contributed by atoms with E-state index in [9.17, 15) is 14.0 Å². The van der Waals surface area contributed by atoms with Crippen molar-refractivity contribution in [2.75, 3.05) is 50.8 Å². The van der Waals surface area contributed by atoms with Crippen LogP contribution in [-0.2, 0) is 14.3 Å². The van der Waals surface area contributed by atoms with Gasteiger partial charge in [-0.15, -0.1) is 11.8 Å². The summed E-state index contributed by atoms with van der Waals surface area (Å²) in [6.07, 6.45) is 1.30. The summed E-state index contributed by atoms with van der Waals surface area (Å²) < 4.78 is 41.5. The van der Waals surface area contributed by atoms with E-state index in [0.29, 0.717) is 47.2 Å². The van der Waals surface area contributed by atoms with E-state index in [2.05, 4.69) is 11.6 Å². The van der Waals surface area contributed by atoms with Crippen molar-refractivity contribution in [3.63, 3.8) is 0 Å². The summed E-state index contributed by atoms with van der Waals surface area (Å²) in [6.45, 7) is 9.06. The van der Waals surface area contributed by atoms with Crippen LogP contribution in [0.5, 0.6) is 0 Å². The number of methoxy groups -OCH3 is 1. The third-order valence-corrected chi connectivity index (χ3v) is 8.83. The number of halogens is 3. The standard InChI is InChI=1S/C28H29ClF2N4O4S/c1-5-23(36)33-6-7-34(16(3)11-33)27-19-8-15(2)24(18-9-20(29)22(31)10-21(18)30)26-25(19)35(28(37)32-27)17(13-40-26)12-39-14-38-4/h5,8-10,16-17H,1,6-7,11-14H2,2-4H3/t16-,17+/m0/s1. The van der Waals surface area contributed by atoms with Crippen LogP contribution in [0.1, 0.15) is 18.5 Å². The van der Waals surface area contributed by atoms with Crippen molar-refractivity contribution in [1.82, 2.24) is 14.5 Å². The number of ether oxygens (including phenoxy) is 2. The van der Waals surface area contributed by atoms with Crippen molar-refractivity contribution in [3.8, 4) is 11.1 Å². The third-order valence-electron chi connectivity index (χ3n) is 7.30. The molecule has 0 aliphatic carbocycles. The second-order valence-corrected chi connectivity index (χ2v) is 11.3. The molecule has 5 rings (SSSR count). The fourth-order valence-electron chi connectivity index (χ4n) is 5.48. The zero-order valence-electron chi connectivity index (χ0n) is 22.4. The van der Waals surface area contributed by atoms with E-state index in [-0.39, 0.29) is 42.0 Å². The second kappa shape index (κ2) is 11.5. The van der Waals surface area contributed by atoms with Gasteiger partial charge in [-0.05, 0) is 37.6 Å². The molecule has 2 atom stereocenters. The molecule has 212 valence electrons. The van der Waals surface area contributed by atoms with Gasteiger partial charge in [0.15, 0.2) is 0 Å². The third kappa shape index (κ3) is 5.00. The van der Waals surface area contributed by atoms with Crippen molar-refractivity contribution >= 4 is 46.0 Å². The molecule has 0 unspecified atom stereocenters. The Labute approximate surface area is 239 Å². The summed E-state index contributed by atoms with van der Waals surface area (Å²) in [5.41, 5.74) is 1.58. The largest absolute Gasteiger partial charge is 0.359 e. The number of thioether (sulfide) groups is 1. The summed E-state index contributed by atoms with van der Waals surface area (Å²) in [6, 6.07) is 3.47. The van der Waals surface area contributed by atoms with Crippen LogP contribution in [-0.4, -0.2) is 72.3 Å². The first kappa shape index (κ1) is 28.5. The maximum Gasteiger partial charge on any atom is 0.350 e. The number of aryl methyl sites for hydroxylation is 1.